The van der Waals surface area contributed by atoms with Crippen molar-refractivity contribution in [3.05, 3.63) is 57.5 Å². The number of hydrazone groups is 1. The van der Waals surface area contributed by atoms with Gasteiger partial charge in [-0.2, -0.15) is 15.6 Å². The zero-order valence-electron chi connectivity index (χ0n) is 18.9. The number of nitrogens with one attached hydrogen (secondary N) is 1. The van der Waals surface area contributed by atoms with Gasteiger partial charge in [-0.1, -0.05) is 17.7 Å². The van der Waals surface area contributed by atoms with E-state index in [0.29, 0.717) is 42.2 Å². The molecule has 0 spiro atoms. The van der Waals surface area contributed by atoms with Crippen LogP contribution in [0, 0.1) is 22.7 Å². The van der Waals surface area contributed by atoms with Crippen molar-refractivity contribution < 1.29 is 14.4 Å². The summed E-state index contributed by atoms with van der Waals surface area (Å²) in [5, 5.41) is 22.2. The van der Waals surface area contributed by atoms with E-state index >= 15 is 0 Å². The SMILES string of the molecule is CC(=O)N(C(=O)CC(=O)N/N=C\c1ccc(Br)c(N(CCC#N)CCC#N)c1)c1ccc(Cl)cc1. The fourth-order valence-corrected chi connectivity index (χ4v) is 3.72. The average molecular weight is 558 g/mol. The van der Waals surface area contributed by atoms with Gasteiger partial charge in [0.15, 0.2) is 0 Å². The van der Waals surface area contributed by atoms with Gasteiger partial charge in [-0.15, -0.1) is 0 Å². The minimum atomic E-state index is -0.705. The molecule has 0 atom stereocenters. The number of carbonyl (C=O) groups excluding carboxylic acids is 3. The lowest BCUT2D eigenvalue weighted by Gasteiger charge is -2.24. The number of hydrogen-bond donors (Lipinski definition) is 1. The summed E-state index contributed by atoms with van der Waals surface area (Å²) in [6.07, 6.45) is 1.43. The average Bonchev–Trinajstić information content (AvgIpc) is 2.81. The Morgan fingerprint density at radius 2 is 1.71 bits per heavy atom. The monoisotopic (exact) mass is 556 g/mol. The number of amides is 3. The molecule has 0 aromatic heterocycles. The second kappa shape index (κ2) is 13.9. The summed E-state index contributed by atoms with van der Waals surface area (Å²) < 4.78 is 0.784. The number of nitriles is 2. The Bertz CT molecular complexity index is 1170. The fraction of sp³-hybridized carbons (Fsp3) is 0.250. The van der Waals surface area contributed by atoms with Crippen LogP contribution in [0.2, 0.25) is 5.02 Å². The molecule has 35 heavy (non-hydrogen) atoms. The van der Waals surface area contributed by atoms with Crippen LogP contribution >= 0.6 is 27.5 Å². The molecule has 2 rings (SSSR count). The zero-order chi connectivity index (χ0) is 25.8. The molecule has 0 radical (unpaired) electrons. The minimum Gasteiger partial charge on any atom is -0.369 e. The van der Waals surface area contributed by atoms with Crippen LogP contribution in [0.4, 0.5) is 11.4 Å². The highest BCUT2D eigenvalue weighted by molar-refractivity contribution is 9.10. The van der Waals surface area contributed by atoms with Crippen LogP contribution in [0.1, 0.15) is 31.7 Å². The maximum absolute atomic E-state index is 12.5. The quantitative estimate of drug-likeness (QED) is 0.265. The molecule has 9 nitrogen and oxygen atoms in total. The third-order valence-electron chi connectivity index (χ3n) is 4.66. The molecular weight excluding hydrogens is 536 g/mol. The van der Waals surface area contributed by atoms with Crippen LogP contribution in [0.3, 0.4) is 0 Å². The second-order valence-corrected chi connectivity index (χ2v) is 8.50. The molecule has 2 aromatic carbocycles. The van der Waals surface area contributed by atoms with Gasteiger partial charge >= 0.3 is 0 Å². The van der Waals surface area contributed by atoms with E-state index in [-0.39, 0.29) is 0 Å². The first-order valence-corrected chi connectivity index (χ1v) is 11.6. The summed E-state index contributed by atoms with van der Waals surface area (Å²) in [6, 6.07) is 15.7. The molecule has 0 unspecified atom stereocenters. The Labute approximate surface area is 216 Å². The van der Waals surface area contributed by atoms with E-state index in [1.165, 1.54) is 25.3 Å². The summed E-state index contributed by atoms with van der Waals surface area (Å²) in [7, 11) is 0. The summed E-state index contributed by atoms with van der Waals surface area (Å²) in [6.45, 7) is 2.14. The summed E-state index contributed by atoms with van der Waals surface area (Å²) in [5.74, 6) is -1.93. The van der Waals surface area contributed by atoms with E-state index in [2.05, 4.69) is 38.6 Å². The molecular formula is C24H22BrClN6O3. The van der Waals surface area contributed by atoms with E-state index in [1.807, 2.05) is 4.90 Å². The van der Waals surface area contributed by atoms with Crippen molar-refractivity contribution in [2.24, 2.45) is 5.10 Å². The van der Waals surface area contributed by atoms with Crippen molar-refractivity contribution >= 4 is 62.8 Å². The smallest absolute Gasteiger partial charge is 0.249 e. The van der Waals surface area contributed by atoms with Crippen molar-refractivity contribution in [2.45, 2.75) is 26.2 Å². The molecule has 0 saturated carbocycles. The molecule has 1 N–H and O–H groups in total. The van der Waals surface area contributed by atoms with E-state index < -0.39 is 24.1 Å². The largest absolute Gasteiger partial charge is 0.369 e. The van der Waals surface area contributed by atoms with Gasteiger partial charge < -0.3 is 4.90 Å². The molecule has 0 aliphatic rings. The van der Waals surface area contributed by atoms with E-state index in [4.69, 9.17) is 22.1 Å². The highest BCUT2D eigenvalue weighted by Gasteiger charge is 2.22. The number of imide groups is 1. The second-order valence-electron chi connectivity index (χ2n) is 7.21. The maximum Gasteiger partial charge on any atom is 0.249 e. The molecule has 0 aliphatic carbocycles. The number of nitrogens with zero attached hydrogens (tertiary/aromatic N) is 5. The number of hydrogen-bond acceptors (Lipinski definition) is 7. The van der Waals surface area contributed by atoms with Crippen molar-refractivity contribution in [3.8, 4) is 12.1 Å². The zero-order valence-corrected chi connectivity index (χ0v) is 21.2. The molecule has 2 aromatic rings. The van der Waals surface area contributed by atoms with Crippen molar-refractivity contribution in [1.29, 1.82) is 10.5 Å². The van der Waals surface area contributed by atoms with Gasteiger partial charge in [-0.05, 0) is 57.9 Å². The van der Waals surface area contributed by atoms with Crippen LogP contribution in [-0.2, 0) is 14.4 Å². The van der Waals surface area contributed by atoms with Crippen LogP contribution in [-0.4, -0.2) is 37.0 Å². The van der Waals surface area contributed by atoms with Crippen LogP contribution < -0.4 is 15.2 Å². The Hall–Kier alpha value is -3.73. The first kappa shape index (κ1) is 27.5. The molecule has 180 valence electrons. The third kappa shape index (κ3) is 8.53. The van der Waals surface area contributed by atoms with Gasteiger partial charge in [-0.3, -0.25) is 19.3 Å². The highest BCUT2D eigenvalue weighted by atomic mass is 79.9. The summed E-state index contributed by atoms with van der Waals surface area (Å²) in [5.41, 5.74) is 4.03. The third-order valence-corrected chi connectivity index (χ3v) is 5.58. The normalized spacial score (nSPS) is 10.3. The van der Waals surface area contributed by atoms with Gasteiger partial charge in [0.25, 0.3) is 0 Å². The van der Waals surface area contributed by atoms with Gasteiger partial charge in [-0.25, -0.2) is 5.43 Å². The van der Waals surface area contributed by atoms with Gasteiger partial charge in [0.05, 0.1) is 42.6 Å². The van der Waals surface area contributed by atoms with Gasteiger partial charge in [0.1, 0.15) is 6.42 Å². The maximum atomic E-state index is 12.5. The van der Waals surface area contributed by atoms with Crippen molar-refractivity contribution in [2.75, 3.05) is 22.9 Å². The summed E-state index contributed by atoms with van der Waals surface area (Å²) in [4.78, 5) is 39.6. The van der Waals surface area contributed by atoms with Gasteiger partial charge in [0.2, 0.25) is 17.7 Å². The van der Waals surface area contributed by atoms with Crippen molar-refractivity contribution in [1.82, 2.24) is 5.43 Å². The standard InChI is InChI=1S/C24H22BrClN6O3/c1-17(33)32(20-7-5-19(26)6-8-20)24(35)15-23(34)30-29-16-18-4-9-21(25)22(14-18)31(12-2-10-27)13-3-11-28/h4-9,14,16H,2-3,12-13,15H2,1H3,(H,30,34)/b29-16-. The molecule has 0 heterocycles. The molecule has 0 bridgehead atoms. The van der Waals surface area contributed by atoms with E-state index in [9.17, 15) is 14.4 Å². The van der Waals surface area contributed by atoms with Crippen molar-refractivity contribution in [3.63, 3.8) is 0 Å². The predicted octanol–water partition coefficient (Wildman–Crippen LogP) is 4.16. The van der Waals surface area contributed by atoms with Crippen LogP contribution in [0.25, 0.3) is 0 Å². The number of halogens is 2. The molecule has 11 heteroatoms. The number of rotatable bonds is 10. The Balaban J connectivity index is 2.06. The first-order chi connectivity index (χ1) is 16.8. The minimum absolute atomic E-state index is 0.299. The van der Waals surface area contributed by atoms with Gasteiger partial charge in [0, 0.05) is 29.5 Å². The first-order valence-electron chi connectivity index (χ1n) is 10.5. The Kier molecular flexibility index (Phi) is 10.9. The van der Waals surface area contributed by atoms with Crippen LogP contribution in [0.5, 0.6) is 0 Å². The lowest BCUT2D eigenvalue weighted by molar-refractivity contribution is -0.129. The molecule has 3 amide bonds. The number of carbonyl (C=O) groups is 3. The Morgan fingerprint density at radius 3 is 2.29 bits per heavy atom. The number of anilines is 2. The summed E-state index contributed by atoms with van der Waals surface area (Å²) >= 11 is 9.33. The van der Waals surface area contributed by atoms with E-state index in [0.717, 1.165) is 15.1 Å². The molecule has 0 fully saturated rings. The molecule has 0 saturated heterocycles. The predicted molar refractivity (Wildman–Crippen MR) is 137 cm³/mol. The number of benzene rings is 2. The topological polar surface area (TPSA) is 130 Å². The fourth-order valence-electron chi connectivity index (χ4n) is 3.10. The lowest BCUT2D eigenvalue weighted by Crippen LogP contribution is -2.38. The van der Waals surface area contributed by atoms with E-state index in [1.54, 1.807) is 30.3 Å². The highest BCUT2D eigenvalue weighted by Crippen LogP contribution is 2.27. The van der Waals surface area contributed by atoms with Crippen LogP contribution in [0.15, 0.2) is 52.0 Å². The molecule has 0 aliphatic heterocycles. The lowest BCUT2D eigenvalue weighted by atomic mass is 10.2. The Morgan fingerprint density at radius 1 is 1.09 bits per heavy atom.